The zero-order chi connectivity index (χ0) is 31.2. The van der Waals surface area contributed by atoms with Gasteiger partial charge in [0.1, 0.15) is 11.0 Å². The summed E-state index contributed by atoms with van der Waals surface area (Å²) in [5.74, 6) is -3.02. The lowest BCUT2D eigenvalue weighted by atomic mass is 10.0. The first-order valence-corrected chi connectivity index (χ1v) is 15.0. The topological polar surface area (TPSA) is 155 Å². The van der Waals surface area contributed by atoms with Crippen molar-refractivity contribution in [2.45, 2.75) is 17.1 Å². The summed E-state index contributed by atoms with van der Waals surface area (Å²) in [5, 5.41) is 24.1. The van der Waals surface area contributed by atoms with Gasteiger partial charge >= 0.3 is 11.9 Å². The van der Waals surface area contributed by atoms with Crippen LogP contribution in [0.2, 0.25) is 0 Å². The molecule has 5 rings (SSSR count). The van der Waals surface area contributed by atoms with Gasteiger partial charge in [0, 0.05) is 10.6 Å². The van der Waals surface area contributed by atoms with Crippen molar-refractivity contribution >= 4 is 67.9 Å². The average molecular weight is 628 g/mol. The first kappa shape index (κ1) is 30.3. The fraction of sp³-hybridized carbons (Fsp3) is 0.0938. The molecule has 0 aliphatic rings. The highest BCUT2D eigenvalue weighted by molar-refractivity contribution is 8.00. The number of carboxylic acid groups (broad SMARTS) is 2. The van der Waals surface area contributed by atoms with Crippen LogP contribution in [0, 0.1) is 0 Å². The minimum Gasteiger partial charge on any atom is -0.494 e. The Balaban J connectivity index is 1.36. The maximum absolute atomic E-state index is 13.6. The average Bonchev–Trinajstić information content (AvgIpc) is 3.41. The summed E-state index contributed by atoms with van der Waals surface area (Å²) in [7, 11) is 0. The van der Waals surface area contributed by atoms with Crippen molar-refractivity contribution in [2.75, 3.05) is 17.2 Å². The molecule has 0 saturated carbocycles. The number of thioether (sulfide) groups is 1. The van der Waals surface area contributed by atoms with Gasteiger partial charge in [0.25, 0.3) is 5.91 Å². The second kappa shape index (κ2) is 13.4. The Hall–Kier alpha value is -5.20. The molecule has 10 nitrogen and oxygen atoms in total. The van der Waals surface area contributed by atoms with Crippen molar-refractivity contribution in [3.63, 3.8) is 0 Å². The van der Waals surface area contributed by atoms with Gasteiger partial charge in [-0.2, -0.15) is 0 Å². The number of carbonyl (C=O) groups excluding carboxylic acids is 2. The molecule has 0 aliphatic heterocycles. The molecule has 44 heavy (non-hydrogen) atoms. The summed E-state index contributed by atoms with van der Waals surface area (Å²) in [6.07, 6.45) is 0. The Labute approximate surface area is 259 Å². The van der Waals surface area contributed by atoms with Crippen molar-refractivity contribution in [3.8, 4) is 5.75 Å². The zero-order valence-corrected chi connectivity index (χ0v) is 24.8. The van der Waals surface area contributed by atoms with E-state index in [2.05, 4.69) is 15.6 Å². The molecule has 0 saturated heterocycles. The van der Waals surface area contributed by atoms with E-state index < -0.39 is 28.7 Å². The van der Waals surface area contributed by atoms with Gasteiger partial charge in [-0.05, 0) is 67.1 Å². The Morgan fingerprint density at radius 2 is 1.66 bits per heavy atom. The highest BCUT2D eigenvalue weighted by Gasteiger charge is 2.24. The molecule has 5 aromatic rings. The molecule has 12 heteroatoms. The number of aromatic carboxylic acids is 2. The molecular formula is C32H25N3O7S2. The van der Waals surface area contributed by atoms with Crippen LogP contribution in [0.5, 0.6) is 5.75 Å². The molecule has 0 radical (unpaired) electrons. The van der Waals surface area contributed by atoms with Crippen molar-refractivity contribution in [1.82, 2.24) is 4.98 Å². The van der Waals surface area contributed by atoms with Gasteiger partial charge in [0.05, 0.1) is 33.5 Å². The van der Waals surface area contributed by atoms with Crippen molar-refractivity contribution in [1.29, 1.82) is 0 Å². The Bertz CT molecular complexity index is 1870. The summed E-state index contributed by atoms with van der Waals surface area (Å²) >= 11 is 2.61. The predicted molar refractivity (Wildman–Crippen MR) is 169 cm³/mol. The number of carboxylic acids is 2. The van der Waals surface area contributed by atoms with E-state index in [-0.39, 0.29) is 17.0 Å². The summed E-state index contributed by atoms with van der Waals surface area (Å²) in [5.41, 5.74) is 0.994. The number of aromatic nitrogens is 1. The first-order valence-electron chi connectivity index (χ1n) is 13.3. The number of hydrogen-bond donors (Lipinski definition) is 4. The minimum absolute atomic E-state index is 0.189. The van der Waals surface area contributed by atoms with E-state index >= 15 is 0 Å². The number of carbonyl (C=O) groups is 4. The van der Waals surface area contributed by atoms with Gasteiger partial charge in [-0.15, -0.1) is 11.8 Å². The molecule has 222 valence electrons. The predicted octanol–water partition coefficient (Wildman–Crippen LogP) is 6.82. The summed E-state index contributed by atoms with van der Waals surface area (Å²) < 4.78 is 6.45. The molecule has 0 fully saturated rings. The highest BCUT2D eigenvalue weighted by Crippen LogP contribution is 2.38. The molecule has 4 aromatic carbocycles. The fourth-order valence-electron chi connectivity index (χ4n) is 4.32. The number of rotatable bonds is 11. The van der Waals surface area contributed by atoms with Crippen LogP contribution in [-0.2, 0) is 4.79 Å². The van der Waals surface area contributed by atoms with Gasteiger partial charge in [-0.1, -0.05) is 47.7 Å². The monoisotopic (exact) mass is 627 g/mol. The number of nitrogens with zero attached hydrogens (tertiary/aromatic N) is 1. The van der Waals surface area contributed by atoms with Crippen molar-refractivity contribution in [2.24, 2.45) is 0 Å². The Morgan fingerprint density at radius 1 is 0.864 bits per heavy atom. The van der Waals surface area contributed by atoms with E-state index in [1.807, 2.05) is 55.5 Å². The minimum atomic E-state index is -1.43. The van der Waals surface area contributed by atoms with Crippen LogP contribution < -0.4 is 15.4 Å². The van der Waals surface area contributed by atoms with E-state index in [0.717, 1.165) is 33.7 Å². The van der Waals surface area contributed by atoms with E-state index in [1.54, 1.807) is 24.3 Å². The number of ether oxygens (including phenoxy) is 1. The number of amides is 2. The standard InChI is InChI=1S/C32H25N3O7S2/c1-2-42-21-12-14-25-26(17-21)44-32(34-25)35-29(37)27(18-7-4-3-5-8-18)43-22-10-6-9-20(16-22)33-28(36)23-13-11-19(30(38)39)15-24(23)31(40)41/h3-17,27H,2H2,1H3,(H,33,36)(H,38,39)(H,40,41)(H,34,35,37). The van der Waals surface area contributed by atoms with Crippen molar-refractivity contribution < 1.29 is 34.1 Å². The van der Waals surface area contributed by atoms with E-state index in [0.29, 0.717) is 22.3 Å². The van der Waals surface area contributed by atoms with E-state index in [9.17, 15) is 29.4 Å². The summed E-state index contributed by atoms with van der Waals surface area (Å²) in [4.78, 5) is 54.9. The van der Waals surface area contributed by atoms with Gasteiger partial charge < -0.3 is 25.6 Å². The lowest BCUT2D eigenvalue weighted by molar-refractivity contribution is -0.115. The van der Waals surface area contributed by atoms with Crippen LogP contribution in [0.3, 0.4) is 0 Å². The first-order chi connectivity index (χ1) is 21.2. The molecule has 4 N–H and O–H groups in total. The zero-order valence-electron chi connectivity index (χ0n) is 23.1. The second-order valence-electron chi connectivity index (χ2n) is 9.33. The number of fused-ring (bicyclic) bond motifs is 1. The summed E-state index contributed by atoms with van der Waals surface area (Å²) in [6, 6.07) is 24.9. The normalized spacial score (nSPS) is 11.5. The maximum Gasteiger partial charge on any atom is 0.336 e. The van der Waals surface area contributed by atoms with Crippen LogP contribution in [0.4, 0.5) is 10.8 Å². The fourth-order valence-corrected chi connectivity index (χ4v) is 6.30. The smallest absolute Gasteiger partial charge is 0.336 e. The van der Waals surface area contributed by atoms with Gasteiger partial charge in [-0.25, -0.2) is 14.6 Å². The molecule has 1 atom stereocenters. The van der Waals surface area contributed by atoms with E-state index in [1.165, 1.54) is 29.2 Å². The van der Waals surface area contributed by atoms with E-state index in [4.69, 9.17) is 4.74 Å². The molecule has 0 aliphatic carbocycles. The number of benzene rings is 4. The quantitative estimate of drug-likeness (QED) is 0.116. The molecular weight excluding hydrogens is 603 g/mol. The van der Waals surface area contributed by atoms with Gasteiger partial charge in [-0.3, -0.25) is 9.59 Å². The molecule has 1 unspecified atom stereocenters. The lowest BCUT2D eigenvalue weighted by Crippen LogP contribution is -2.19. The van der Waals surface area contributed by atoms with Gasteiger partial charge in [0.2, 0.25) is 5.91 Å². The van der Waals surface area contributed by atoms with Crippen LogP contribution >= 0.6 is 23.1 Å². The molecule has 0 bridgehead atoms. The number of thiazole rings is 1. The highest BCUT2D eigenvalue weighted by atomic mass is 32.2. The SMILES string of the molecule is CCOc1ccc2nc(NC(=O)C(Sc3cccc(NC(=O)c4ccc(C(=O)O)cc4C(=O)O)c3)c3ccccc3)sc2c1. The Morgan fingerprint density at radius 3 is 2.39 bits per heavy atom. The third-order valence-electron chi connectivity index (χ3n) is 6.33. The molecule has 2 amide bonds. The molecule has 1 heterocycles. The summed E-state index contributed by atoms with van der Waals surface area (Å²) in [6.45, 7) is 2.45. The van der Waals surface area contributed by atoms with Crippen LogP contribution in [0.15, 0.2) is 95.9 Å². The third-order valence-corrected chi connectivity index (χ3v) is 8.51. The number of hydrogen-bond acceptors (Lipinski definition) is 8. The number of anilines is 2. The Kier molecular flexibility index (Phi) is 9.22. The molecule has 1 aromatic heterocycles. The maximum atomic E-state index is 13.6. The second-order valence-corrected chi connectivity index (χ2v) is 11.5. The third kappa shape index (κ3) is 7.05. The van der Waals surface area contributed by atoms with Gasteiger partial charge in [0.15, 0.2) is 5.13 Å². The van der Waals surface area contributed by atoms with Crippen LogP contribution in [0.25, 0.3) is 10.2 Å². The van der Waals surface area contributed by atoms with Crippen molar-refractivity contribution in [3.05, 3.63) is 113 Å². The van der Waals surface area contributed by atoms with Crippen LogP contribution in [0.1, 0.15) is 48.8 Å². The largest absolute Gasteiger partial charge is 0.494 e. The van der Waals surface area contributed by atoms with Crippen LogP contribution in [-0.4, -0.2) is 45.6 Å². The lowest BCUT2D eigenvalue weighted by Gasteiger charge is -2.17. The number of nitrogens with one attached hydrogen (secondary N) is 2. The molecule has 0 spiro atoms.